The number of imidazole rings is 1. The van der Waals surface area contributed by atoms with E-state index in [1.165, 1.54) is 24.9 Å². The Labute approximate surface area is 119 Å². The van der Waals surface area contributed by atoms with Crippen molar-refractivity contribution in [1.29, 1.82) is 0 Å². The zero-order valence-corrected chi connectivity index (χ0v) is 11.6. The Hall–Kier alpha value is -1.81. The van der Waals surface area contributed by atoms with E-state index < -0.39 is 0 Å². The van der Waals surface area contributed by atoms with Crippen molar-refractivity contribution in [2.45, 2.75) is 31.3 Å². The summed E-state index contributed by atoms with van der Waals surface area (Å²) in [7, 11) is 0. The summed E-state index contributed by atoms with van der Waals surface area (Å²) in [5.41, 5.74) is 1.18. The Bertz CT molecular complexity index is 577. The summed E-state index contributed by atoms with van der Waals surface area (Å²) in [6, 6.07) is 11.8. The normalized spacial score (nSPS) is 25.7. The van der Waals surface area contributed by atoms with E-state index >= 15 is 0 Å². The maximum Gasteiger partial charge on any atom is 0.210 e. The molecule has 1 aromatic heterocycles. The van der Waals surface area contributed by atoms with Crippen LogP contribution in [0.1, 0.15) is 19.3 Å². The van der Waals surface area contributed by atoms with Gasteiger partial charge < -0.3 is 10.2 Å². The van der Waals surface area contributed by atoms with E-state index in [4.69, 9.17) is 0 Å². The van der Waals surface area contributed by atoms with Crippen molar-refractivity contribution in [1.82, 2.24) is 14.9 Å². The van der Waals surface area contributed by atoms with Crippen molar-refractivity contribution in [3.8, 4) is 5.69 Å². The lowest BCUT2D eigenvalue weighted by molar-refractivity contribution is 0.563. The summed E-state index contributed by atoms with van der Waals surface area (Å²) in [5.74, 6) is 1.07. The molecule has 0 aliphatic carbocycles. The third kappa shape index (κ3) is 2.10. The maximum atomic E-state index is 4.60. The molecule has 2 bridgehead atoms. The highest BCUT2D eigenvalue weighted by atomic mass is 15.3. The zero-order chi connectivity index (χ0) is 13.4. The topological polar surface area (TPSA) is 33.1 Å². The van der Waals surface area contributed by atoms with Gasteiger partial charge in [-0.3, -0.25) is 4.57 Å². The molecule has 4 heteroatoms. The number of nitrogens with zero attached hydrogens (tertiary/aromatic N) is 3. The molecule has 2 fully saturated rings. The Kier molecular flexibility index (Phi) is 2.96. The van der Waals surface area contributed by atoms with Crippen LogP contribution < -0.4 is 10.2 Å². The van der Waals surface area contributed by atoms with Gasteiger partial charge in [-0.25, -0.2) is 4.98 Å². The van der Waals surface area contributed by atoms with Crippen molar-refractivity contribution in [3.05, 3.63) is 42.7 Å². The third-order valence-electron chi connectivity index (χ3n) is 4.46. The fraction of sp³-hybridized carbons (Fsp3) is 0.438. The van der Waals surface area contributed by atoms with E-state index in [0.717, 1.165) is 19.0 Å². The van der Waals surface area contributed by atoms with Crippen molar-refractivity contribution in [3.63, 3.8) is 0 Å². The quantitative estimate of drug-likeness (QED) is 0.906. The van der Waals surface area contributed by atoms with Crippen LogP contribution in [-0.2, 0) is 0 Å². The van der Waals surface area contributed by atoms with E-state index in [1.807, 2.05) is 6.20 Å². The van der Waals surface area contributed by atoms with Gasteiger partial charge in [0.15, 0.2) is 0 Å². The van der Waals surface area contributed by atoms with Crippen LogP contribution in [-0.4, -0.2) is 34.7 Å². The molecule has 1 aromatic carbocycles. The molecule has 3 heterocycles. The molecule has 20 heavy (non-hydrogen) atoms. The molecular weight excluding hydrogens is 248 g/mol. The number of benzene rings is 1. The van der Waals surface area contributed by atoms with E-state index in [-0.39, 0.29) is 0 Å². The summed E-state index contributed by atoms with van der Waals surface area (Å²) in [6.07, 6.45) is 7.82. The first-order chi connectivity index (χ1) is 9.90. The first-order valence-electron chi connectivity index (χ1n) is 7.50. The fourth-order valence-electron chi connectivity index (χ4n) is 3.44. The second-order valence-electron chi connectivity index (χ2n) is 5.81. The van der Waals surface area contributed by atoms with Gasteiger partial charge in [-0.05, 0) is 31.4 Å². The van der Waals surface area contributed by atoms with Crippen LogP contribution in [0, 0.1) is 0 Å². The smallest absolute Gasteiger partial charge is 0.210 e. The molecular formula is C16H20N4. The van der Waals surface area contributed by atoms with E-state index in [9.17, 15) is 0 Å². The Balaban J connectivity index is 1.64. The molecule has 2 aliphatic heterocycles. The Morgan fingerprint density at radius 2 is 1.90 bits per heavy atom. The van der Waals surface area contributed by atoms with Gasteiger partial charge >= 0.3 is 0 Å². The van der Waals surface area contributed by atoms with E-state index in [2.05, 4.69) is 56.3 Å². The number of aromatic nitrogens is 2. The van der Waals surface area contributed by atoms with Gasteiger partial charge in [0.05, 0.1) is 0 Å². The molecule has 2 atom stereocenters. The van der Waals surface area contributed by atoms with Gasteiger partial charge in [-0.15, -0.1) is 0 Å². The average Bonchev–Trinajstić information content (AvgIpc) is 3.07. The van der Waals surface area contributed by atoms with Crippen LogP contribution in [0.5, 0.6) is 0 Å². The molecule has 2 aromatic rings. The first-order valence-corrected chi connectivity index (χ1v) is 7.50. The lowest BCUT2D eigenvalue weighted by Crippen LogP contribution is -2.36. The fourth-order valence-corrected chi connectivity index (χ4v) is 3.44. The van der Waals surface area contributed by atoms with E-state index in [0.29, 0.717) is 12.1 Å². The van der Waals surface area contributed by atoms with Crippen molar-refractivity contribution in [2.75, 3.05) is 18.0 Å². The molecule has 2 saturated heterocycles. The lowest BCUT2D eigenvalue weighted by Gasteiger charge is -2.26. The minimum Gasteiger partial charge on any atom is -0.340 e. The summed E-state index contributed by atoms with van der Waals surface area (Å²) in [5, 5.41) is 3.73. The van der Waals surface area contributed by atoms with Gasteiger partial charge in [0.25, 0.3) is 0 Å². The summed E-state index contributed by atoms with van der Waals surface area (Å²) < 4.78 is 2.19. The van der Waals surface area contributed by atoms with Crippen LogP contribution >= 0.6 is 0 Å². The number of hydrogen-bond acceptors (Lipinski definition) is 3. The number of anilines is 1. The second kappa shape index (κ2) is 4.94. The molecule has 0 radical (unpaired) electrons. The number of para-hydroxylation sites is 1. The predicted octanol–water partition coefficient (Wildman–Crippen LogP) is 2.20. The zero-order valence-electron chi connectivity index (χ0n) is 11.6. The maximum absolute atomic E-state index is 4.60. The highest BCUT2D eigenvalue weighted by Gasteiger charge is 2.30. The molecule has 104 valence electrons. The first kappa shape index (κ1) is 12.0. The SMILES string of the molecule is c1ccc(-n2ccnc2N2CCC3CCC(C2)N3)cc1. The molecule has 4 nitrogen and oxygen atoms in total. The molecule has 0 spiro atoms. The van der Waals surface area contributed by atoms with E-state index in [1.54, 1.807) is 0 Å². The molecule has 2 unspecified atom stereocenters. The number of fused-ring (bicyclic) bond motifs is 2. The third-order valence-corrected chi connectivity index (χ3v) is 4.46. The molecule has 4 rings (SSSR count). The standard InChI is InChI=1S/C16H20N4/c1-2-4-15(5-3-1)20-11-9-17-16(20)19-10-8-13-6-7-14(12-19)18-13/h1-5,9,11,13-14,18H,6-8,10,12H2. The second-order valence-corrected chi connectivity index (χ2v) is 5.81. The van der Waals surface area contributed by atoms with Crippen molar-refractivity contribution in [2.24, 2.45) is 0 Å². The van der Waals surface area contributed by atoms with Crippen LogP contribution in [0.25, 0.3) is 5.69 Å². The van der Waals surface area contributed by atoms with Crippen molar-refractivity contribution >= 4 is 5.95 Å². The van der Waals surface area contributed by atoms with Crippen LogP contribution in [0.4, 0.5) is 5.95 Å². The minimum absolute atomic E-state index is 0.628. The van der Waals surface area contributed by atoms with Gasteiger partial charge in [-0.2, -0.15) is 0 Å². The molecule has 0 amide bonds. The minimum atomic E-state index is 0.628. The van der Waals surface area contributed by atoms with Crippen molar-refractivity contribution < 1.29 is 0 Å². The summed E-state index contributed by atoms with van der Waals surface area (Å²) in [6.45, 7) is 2.17. The number of nitrogens with one attached hydrogen (secondary N) is 1. The van der Waals surface area contributed by atoms with Gasteiger partial charge in [0, 0.05) is 43.3 Å². The van der Waals surface area contributed by atoms with Gasteiger partial charge in [0.1, 0.15) is 0 Å². The average molecular weight is 268 g/mol. The van der Waals surface area contributed by atoms with Crippen LogP contribution in [0.15, 0.2) is 42.7 Å². The predicted molar refractivity (Wildman–Crippen MR) is 80.3 cm³/mol. The Morgan fingerprint density at radius 3 is 2.80 bits per heavy atom. The lowest BCUT2D eigenvalue weighted by atomic mass is 10.1. The number of hydrogen-bond donors (Lipinski definition) is 1. The molecule has 0 saturated carbocycles. The Morgan fingerprint density at radius 1 is 1.05 bits per heavy atom. The van der Waals surface area contributed by atoms with Gasteiger partial charge in [-0.1, -0.05) is 18.2 Å². The largest absolute Gasteiger partial charge is 0.340 e. The highest BCUT2D eigenvalue weighted by molar-refractivity contribution is 5.44. The van der Waals surface area contributed by atoms with Crippen LogP contribution in [0.3, 0.4) is 0 Å². The van der Waals surface area contributed by atoms with Crippen LogP contribution in [0.2, 0.25) is 0 Å². The summed E-state index contributed by atoms with van der Waals surface area (Å²) in [4.78, 5) is 7.04. The summed E-state index contributed by atoms with van der Waals surface area (Å²) >= 11 is 0. The number of rotatable bonds is 2. The molecule has 1 N–H and O–H groups in total. The highest BCUT2D eigenvalue weighted by Crippen LogP contribution is 2.25. The monoisotopic (exact) mass is 268 g/mol. The molecule has 2 aliphatic rings. The van der Waals surface area contributed by atoms with Gasteiger partial charge in [0.2, 0.25) is 5.95 Å².